The number of halogens is 2. The number of fused-ring (bicyclic) bond motifs is 1. The molecule has 0 fully saturated rings. The molecule has 0 aliphatic heterocycles. The van der Waals surface area contributed by atoms with Gasteiger partial charge in [-0.15, -0.1) is 0 Å². The minimum absolute atomic E-state index is 0.0827. The highest BCUT2D eigenvalue weighted by atomic mass is 35.5. The van der Waals surface area contributed by atoms with Crippen LogP contribution in [0.15, 0.2) is 53.6 Å². The van der Waals surface area contributed by atoms with Crippen molar-refractivity contribution < 1.29 is 4.39 Å². The third-order valence-electron chi connectivity index (χ3n) is 4.42. The lowest BCUT2D eigenvalue weighted by Crippen LogP contribution is -2.24. The molecule has 2 aromatic carbocycles. The molecule has 8 heteroatoms. The van der Waals surface area contributed by atoms with Crippen LogP contribution in [-0.2, 0) is 13.5 Å². The summed E-state index contributed by atoms with van der Waals surface area (Å²) < 4.78 is 17.4. The topological polar surface area (TPSA) is 76.5 Å². The number of imidazole rings is 1. The van der Waals surface area contributed by atoms with E-state index in [1.165, 1.54) is 17.0 Å². The molecule has 2 heterocycles. The van der Waals surface area contributed by atoms with Gasteiger partial charge in [-0.2, -0.15) is 5.26 Å². The van der Waals surface area contributed by atoms with E-state index in [1.54, 1.807) is 48.0 Å². The summed E-state index contributed by atoms with van der Waals surface area (Å²) in [4.78, 5) is 21.8. The number of nitriles is 1. The van der Waals surface area contributed by atoms with Crippen LogP contribution in [0.4, 0.5) is 4.39 Å². The molecular formula is C20H13ClFN5O. The molecule has 138 valence electrons. The van der Waals surface area contributed by atoms with Crippen molar-refractivity contribution in [1.82, 2.24) is 19.1 Å². The van der Waals surface area contributed by atoms with E-state index < -0.39 is 5.82 Å². The minimum atomic E-state index is -0.474. The fourth-order valence-electron chi connectivity index (χ4n) is 3.01. The molecule has 0 atom stereocenters. The Morgan fingerprint density at radius 3 is 2.64 bits per heavy atom. The average molecular weight is 394 g/mol. The van der Waals surface area contributed by atoms with Gasteiger partial charge >= 0.3 is 0 Å². The third kappa shape index (κ3) is 3.04. The molecule has 4 rings (SSSR count). The van der Waals surface area contributed by atoms with Gasteiger partial charge in [0.05, 0.1) is 23.6 Å². The Hall–Kier alpha value is -3.50. The van der Waals surface area contributed by atoms with Gasteiger partial charge in [0.2, 0.25) is 0 Å². The lowest BCUT2D eigenvalue weighted by molar-refractivity contribution is 0.610. The lowest BCUT2D eigenvalue weighted by atomic mass is 10.1. The van der Waals surface area contributed by atoms with Crippen molar-refractivity contribution >= 4 is 22.8 Å². The number of nitrogens with zero attached hydrogens (tertiary/aromatic N) is 5. The summed E-state index contributed by atoms with van der Waals surface area (Å²) in [6.07, 6.45) is 1.59. The minimum Gasteiger partial charge on any atom is -0.318 e. The maximum atomic E-state index is 14.3. The van der Waals surface area contributed by atoms with Crippen LogP contribution in [0.3, 0.4) is 0 Å². The van der Waals surface area contributed by atoms with Gasteiger partial charge in [0.15, 0.2) is 11.2 Å². The Morgan fingerprint density at radius 2 is 1.96 bits per heavy atom. The van der Waals surface area contributed by atoms with E-state index in [0.29, 0.717) is 33.3 Å². The second kappa shape index (κ2) is 6.91. The summed E-state index contributed by atoms with van der Waals surface area (Å²) in [7, 11) is 1.74. The molecule has 28 heavy (non-hydrogen) atoms. The van der Waals surface area contributed by atoms with Crippen LogP contribution in [-0.4, -0.2) is 19.1 Å². The third-order valence-corrected chi connectivity index (χ3v) is 4.66. The first-order valence-electron chi connectivity index (χ1n) is 8.35. The number of hydrogen-bond donors (Lipinski definition) is 0. The highest BCUT2D eigenvalue weighted by Crippen LogP contribution is 2.20. The van der Waals surface area contributed by atoms with Crippen LogP contribution in [0.25, 0.3) is 16.9 Å². The predicted molar refractivity (Wildman–Crippen MR) is 103 cm³/mol. The first-order valence-corrected chi connectivity index (χ1v) is 8.73. The van der Waals surface area contributed by atoms with Gasteiger partial charge in [-0.25, -0.2) is 14.4 Å². The van der Waals surface area contributed by atoms with Crippen molar-refractivity contribution in [2.45, 2.75) is 6.42 Å². The molecule has 0 saturated heterocycles. The number of aromatic nitrogens is 4. The summed E-state index contributed by atoms with van der Waals surface area (Å²) in [6, 6.07) is 12.9. The molecule has 0 unspecified atom stereocenters. The van der Waals surface area contributed by atoms with Gasteiger partial charge in [-0.1, -0.05) is 17.7 Å². The number of aryl methyl sites for hydroxylation is 1. The zero-order valence-electron chi connectivity index (χ0n) is 14.7. The van der Waals surface area contributed by atoms with Crippen molar-refractivity contribution in [2.24, 2.45) is 7.05 Å². The first-order chi connectivity index (χ1) is 13.5. The molecule has 0 N–H and O–H groups in total. The smallest absolute Gasteiger partial charge is 0.286 e. The molecule has 0 radical (unpaired) electrons. The van der Waals surface area contributed by atoms with Crippen LogP contribution in [0, 0.1) is 17.1 Å². The summed E-state index contributed by atoms with van der Waals surface area (Å²) >= 11 is 5.84. The average Bonchev–Trinajstić information content (AvgIpc) is 3.06. The summed E-state index contributed by atoms with van der Waals surface area (Å²) in [5.41, 5.74) is 1.62. The zero-order valence-corrected chi connectivity index (χ0v) is 15.5. The molecule has 0 saturated carbocycles. The molecule has 0 aliphatic rings. The number of hydrogen-bond acceptors (Lipinski definition) is 4. The second-order valence-electron chi connectivity index (χ2n) is 6.27. The zero-order chi connectivity index (χ0) is 19.8. The molecular weight excluding hydrogens is 381 g/mol. The van der Waals surface area contributed by atoms with E-state index in [1.807, 2.05) is 6.07 Å². The molecule has 0 aliphatic carbocycles. The number of benzene rings is 2. The van der Waals surface area contributed by atoms with Gasteiger partial charge in [-0.3, -0.25) is 9.36 Å². The van der Waals surface area contributed by atoms with Crippen LogP contribution >= 0.6 is 11.6 Å². The predicted octanol–water partition coefficient (Wildman–Crippen LogP) is 3.37. The van der Waals surface area contributed by atoms with Gasteiger partial charge in [-0.05, 0) is 42.0 Å². The van der Waals surface area contributed by atoms with E-state index >= 15 is 0 Å². The van der Waals surface area contributed by atoms with E-state index in [9.17, 15) is 9.18 Å². The van der Waals surface area contributed by atoms with Crippen molar-refractivity contribution in [2.75, 3.05) is 0 Å². The monoisotopic (exact) mass is 393 g/mol. The highest BCUT2D eigenvalue weighted by Gasteiger charge is 2.17. The lowest BCUT2D eigenvalue weighted by Gasteiger charge is -2.13. The fraction of sp³-hybridized carbons (Fsp3) is 0.100. The SMILES string of the molecule is Cn1cnc2c(=O)n(-c3ccc(C#N)cc3)c(Cc3ccc(Cl)cc3F)nc21. The van der Waals surface area contributed by atoms with E-state index in [2.05, 4.69) is 9.97 Å². The summed E-state index contributed by atoms with van der Waals surface area (Å²) in [5.74, 6) is -0.120. The van der Waals surface area contributed by atoms with Gasteiger partial charge in [0.25, 0.3) is 5.56 Å². The Labute approximate surface area is 164 Å². The molecule has 4 aromatic rings. The van der Waals surface area contributed by atoms with Crippen LogP contribution < -0.4 is 5.56 Å². The Morgan fingerprint density at radius 1 is 1.21 bits per heavy atom. The molecule has 0 bridgehead atoms. The van der Waals surface area contributed by atoms with Crippen molar-refractivity contribution in [3.05, 3.63) is 86.9 Å². The van der Waals surface area contributed by atoms with E-state index in [-0.39, 0.29) is 17.5 Å². The second-order valence-corrected chi connectivity index (χ2v) is 6.70. The maximum Gasteiger partial charge on any atom is 0.286 e. The standard InChI is InChI=1S/C20H13ClFN5O/c1-26-11-24-18-19(26)25-17(8-13-4-5-14(21)9-16(13)22)27(20(18)28)15-6-2-12(10-23)3-7-15/h2-7,9,11H,8H2,1H3. The quantitative estimate of drug-likeness (QED) is 0.534. The molecule has 0 spiro atoms. The summed E-state index contributed by atoms with van der Waals surface area (Å²) in [6.45, 7) is 0. The normalized spacial score (nSPS) is 10.9. The molecule has 6 nitrogen and oxygen atoms in total. The van der Waals surface area contributed by atoms with Gasteiger partial charge in [0.1, 0.15) is 11.6 Å². The van der Waals surface area contributed by atoms with Gasteiger partial charge < -0.3 is 4.57 Å². The van der Waals surface area contributed by atoms with Gasteiger partial charge in [0, 0.05) is 18.5 Å². The van der Waals surface area contributed by atoms with Crippen LogP contribution in [0.1, 0.15) is 17.0 Å². The van der Waals surface area contributed by atoms with Crippen LogP contribution in [0.2, 0.25) is 5.02 Å². The van der Waals surface area contributed by atoms with Crippen molar-refractivity contribution in [3.63, 3.8) is 0 Å². The van der Waals surface area contributed by atoms with E-state index in [4.69, 9.17) is 16.9 Å². The Kier molecular flexibility index (Phi) is 4.41. The highest BCUT2D eigenvalue weighted by molar-refractivity contribution is 6.30. The van der Waals surface area contributed by atoms with Crippen molar-refractivity contribution in [1.29, 1.82) is 5.26 Å². The molecule has 2 aromatic heterocycles. The first kappa shape index (κ1) is 17.9. The Balaban J connectivity index is 1.95. The summed E-state index contributed by atoms with van der Waals surface area (Å²) in [5, 5.41) is 9.30. The molecule has 0 amide bonds. The fourth-order valence-corrected chi connectivity index (χ4v) is 3.17. The number of rotatable bonds is 3. The van der Waals surface area contributed by atoms with Crippen molar-refractivity contribution in [3.8, 4) is 11.8 Å². The maximum absolute atomic E-state index is 14.3. The largest absolute Gasteiger partial charge is 0.318 e. The van der Waals surface area contributed by atoms with Crippen LogP contribution in [0.5, 0.6) is 0 Å². The Bertz CT molecular complexity index is 1300. The van der Waals surface area contributed by atoms with E-state index in [0.717, 1.165) is 0 Å².